The minimum atomic E-state index is 0.0324. The maximum atomic E-state index is 13.1. The Labute approximate surface area is 214 Å². The third-order valence-corrected chi connectivity index (χ3v) is 7.48. The molecular formula is C26H27Cl2N5O2. The Morgan fingerprint density at radius 3 is 2.57 bits per heavy atom. The van der Waals surface area contributed by atoms with Gasteiger partial charge in [-0.05, 0) is 36.6 Å². The molecule has 2 aromatic heterocycles. The largest absolute Gasteiger partial charge is 0.495 e. The molecule has 35 heavy (non-hydrogen) atoms. The smallest absolute Gasteiger partial charge is 0.244 e. The van der Waals surface area contributed by atoms with E-state index in [9.17, 15) is 4.79 Å². The predicted octanol–water partition coefficient (Wildman–Crippen LogP) is 5.01. The zero-order valence-electron chi connectivity index (χ0n) is 20.0. The van der Waals surface area contributed by atoms with Crippen molar-refractivity contribution in [1.82, 2.24) is 19.2 Å². The number of ether oxygens (including phenoxy) is 1. The fraction of sp³-hybridized carbons (Fsp3) is 0.308. The van der Waals surface area contributed by atoms with Gasteiger partial charge in [0.25, 0.3) is 0 Å². The second-order valence-corrected chi connectivity index (χ2v) is 9.58. The summed E-state index contributed by atoms with van der Waals surface area (Å²) in [6.45, 7) is 4.80. The average Bonchev–Trinajstić information content (AvgIpc) is 3.38. The molecule has 2 aromatic carbocycles. The first-order valence-electron chi connectivity index (χ1n) is 11.5. The molecule has 1 saturated heterocycles. The lowest BCUT2D eigenvalue weighted by molar-refractivity contribution is -0.132. The van der Waals surface area contributed by atoms with E-state index in [-0.39, 0.29) is 12.5 Å². The zero-order chi connectivity index (χ0) is 24.7. The number of methoxy groups -OCH3 is 1. The Morgan fingerprint density at radius 1 is 1.06 bits per heavy atom. The molecule has 5 rings (SSSR count). The molecule has 0 saturated carbocycles. The number of hydrogen-bond donors (Lipinski definition) is 0. The first-order chi connectivity index (χ1) is 16.9. The van der Waals surface area contributed by atoms with Gasteiger partial charge in [0, 0.05) is 62.3 Å². The second-order valence-electron chi connectivity index (χ2n) is 8.79. The summed E-state index contributed by atoms with van der Waals surface area (Å²) in [5.74, 6) is 0.681. The Bertz CT molecular complexity index is 1400. The van der Waals surface area contributed by atoms with E-state index in [1.807, 2.05) is 49.3 Å². The lowest BCUT2D eigenvalue weighted by atomic mass is 10.1. The van der Waals surface area contributed by atoms with Crippen molar-refractivity contribution in [1.29, 1.82) is 0 Å². The van der Waals surface area contributed by atoms with Crippen molar-refractivity contribution in [2.24, 2.45) is 7.05 Å². The van der Waals surface area contributed by atoms with E-state index in [1.165, 1.54) is 0 Å². The Balaban J connectivity index is 1.28. The molecule has 182 valence electrons. The molecule has 7 nitrogen and oxygen atoms in total. The number of rotatable bonds is 5. The number of anilines is 1. The number of piperazine rings is 1. The van der Waals surface area contributed by atoms with Gasteiger partial charge in [0.05, 0.1) is 22.8 Å². The van der Waals surface area contributed by atoms with E-state index >= 15 is 0 Å². The van der Waals surface area contributed by atoms with Gasteiger partial charge in [0.2, 0.25) is 5.91 Å². The summed E-state index contributed by atoms with van der Waals surface area (Å²) >= 11 is 12.8. The second kappa shape index (κ2) is 9.47. The normalized spacial score (nSPS) is 14.1. The molecule has 3 heterocycles. The van der Waals surface area contributed by atoms with Crippen molar-refractivity contribution in [2.75, 3.05) is 38.2 Å². The summed E-state index contributed by atoms with van der Waals surface area (Å²) in [6, 6.07) is 14.0. The highest BCUT2D eigenvalue weighted by atomic mass is 35.5. The van der Waals surface area contributed by atoms with Crippen molar-refractivity contribution >= 4 is 45.7 Å². The molecule has 9 heteroatoms. The number of nitrogens with zero attached hydrogens (tertiary/aromatic N) is 5. The van der Waals surface area contributed by atoms with Gasteiger partial charge in [-0.3, -0.25) is 9.48 Å². The number of fused-ring (bicyclic) bond motifs is 1. The molecular weight excluding hydrogens is 485 g/mol. The molecule has 1 fully saturated rings. The van der Waals surface area contributed by atoms with Crippen molar-refractivity contribution < 1.29 is 9.53 Å². The molecule has 1 amide bonds. The molecule has 0 bridgehead atoms. The molecule has 0 aliphatic carbocycles. The van der Waals surface area contributed by atoms with Gasteiger partial charge in [0.15, 0.2) is 0 Å². The highest BCUT2D eigenvalue weighted by molar-refractivity contribution is 6.33. The monoisotopic (exact) mass is 511 g/mol. The van der Waals surface area contributed by atoms with Crippen LogP contribution < -0.4 is 9.64 Å². The Kier molecular flexibility index (Phi) is 6.38. The molecule has 1 aliphatic rings. The average molecular weight is 512 g/mol. The number of amides is 1. The van der Waals surface area contributed by atoms with Crippen LogP contribution in [0.5, 0.6) is 5.75 Å². The van der Waals surface area contributed by atoms with Crippen LogP contribution in [0.3, 0.4) is 0 Å². The molecule has 0 unspecified atom stereocenters. The van der Waals surface area contributed by atoms with Crippen LogP contribution in [0.25, 0.3) is 22.2 Å². The molecule has 0 spiro atoms. The zero-order valence-corrected chi connectivity index (χ0v) is 21.5. The van der Waals surface area contributed by atoms with Crippen molar-refractivity contribution in [3.05, 3.63) is 64.4 Å². The lowest BCUT2D eigenvalue weighted by Crippen LogP contribution is -2.49. The van der Waals surface area contributed by atoms with E-state index in [2.05, 4.69) is 27.7 Å². The van der Waals surface area contributed by atoms with Gasteiger partial charge in [-0.1, -0.05) is 35.3 Å². The number of halogens is 2. The van der Waals surface area contributed by atoms with E-state index in [1.54, 1.807) is 11.8 Å². The number of aryl methyl sites for hydroxylation is 1. The maximum absolute atomic E-state index is 13.1. The number of carbonyl (C=O) groups is 1. The van der Waals surface area contributed by atoms with Crippen LogP contribution in [0.4, 0.5) is 5.69 Å². The Morgan fingerprint density at radius 2 is 1.83 bits per heavy atom. The fourth-order valence-electron chi connectivity index (χ4n) is 4.56. The summed E-state index contributed by atoms with van der Waals surface area (Å²) in [5, 5.41) is 7.04. The van der Waals surface area contributed by atoms with Crippen LogP contribution in [0.1, 0.15) is 5.69 Å². The standard InChI is InChI=1S/C26H27Cl2N5O2/c1-17-25(28)26(19-5-4-18-8-9-30(2)22(18)14-19)29-33(17)16-24(34)32-12-10-31(11-13-32)20-6-7-21(27)23(15-20)35-3/h4-9,14-15H,10-13,16H2,1-3H3. The van der Waals surface area contributed by atoms with E-state index in [0.717, 1.165) is 40.9 Å². The lowest BCUT2D eigenvalue weighted by Gasteiger charge is -2.36. The summed E-state index contributed by atoms with van der Waals surface area (Å²) < 4.78 is 9.12. The third-order valence-electron chi connectivity index (χ3n) is 6.71. The summed E-state index contributed by atoms with van der Waals surface area (Å²) in [7, 11) is 3.62. The first kappa shape index (κ1) is 23.6. The Hall–Kier alpha value is -3.16. The molecule has 0 atom stereocenters. The first-order valence-corrected chi connectivity index (χ1v) is 12.3. The van der Waals surface area contributed by atoms with E-state index < -0.39 is 0 Å². The number of carbonyl (C=O) groups excluding carboxylic acids is 1. The topological polar surface area (TPSA) is 55.5 Å². The van der Waals surface area contributed by atoms with Gasteiger partial charge >= 0.3 is 0 Å². The van der Waals surface area contributed by atoms with Crippen molar-refractivity contribution in [2.45, 2.75) is 13.5 Å². The summed E-state index contributed by atoms with van der Waals surface area (Å²) in [5.41, 5.74) is 4.56. The molecule has 4 aromatic rings. The number of aromatic nitrogens is 3. The predicted molar refractivity (Wildman–Crippen MR) is 141 cm³/mol. The highest BCUT2D eigenvalue weighted by Crippen LogP contribution is 2.32. The molecule has 1 aliphatic heterocycles. The van der Waals surface area contributed by atoms with Crippen molar-refractivity contribution in [3.8, 4) is 17.0 Å². The fourth-order valence-corrected chi connectivity index (χ4v) is 5.00. The van der Waals surface area contributed by atoms with Crippen LogP contribution in [0.15, 0.2) is 48.7 Å². The quantitative estimate of drug-likeness (QED) is 0.377. The summed E-state index contributed by atoms with van der Waals surface area (Å²) in [4.78, 5) is 17.2. The van der Waals surface area contributed by atoms with Crippen LogP contribution in [-0.2, 0) is 18.4 Å². The molecule has 0 N–H and O–H groups in total. The van der Waals surface area contributed by atoms with E-state index in [4.69, 9.17) is 33.0 Å². The van der Waals surface area contributed by atoms with Gasteiger partial charge < -0.3 is 19.1 Å². The number of hydrogen-bond acceptors (Lipinski definition) is 4. The highest BCUT2D eigenvalue weighted by Gasteiger charge is 2.24. The summed E-state index contributed by atoms with van der Waals surface area (Å²) in [6.07, 6.45) is 2.03. The van der Waals surface area contributed by atoms with Crippen LogP contribution in [-0.4, -0.2) is 58.4 Å². The van der Waals surface area contributed by atoms with Gasteiger partial charge in [-0.15, -0.1) is 0 Å². The van der Waals surface area contributed by atoms with Crippen molar-refractivity contribution in [3.63, 3.8) is 0 Å². The minimum Gasteiger partial charge on any atom is -0.495 e. The van der Waals surface area contributed by atoms with Gasteiger partial charge in [-0.25, -0.2) is 0 Å². The van der Waals surface area contributed by atoms with Gasteiger partial charge in [-0.2, -0.15) is 5.10 Å². The van der Waals surface area contributed by atoms with Crippen LogP contribution in [0, 0.1) is 6.92 Å². The molecule has 0 radical (unpaired) electrons. The SMILES string of the molecule is COc1cc(N2CCN(C(=O)Cn3nc(-c4ccc5ccn(C)c5c4)c(Cl)c3C)CC2)ccc1Cl. The number of benzene rings is 2. The minimum absolute atomic E-state index is 0.0324. The van der Waals surface area contributed by atoms with Crippen LogP contribution in [0.2, 0.25) is 10.0 Å². The third kappa shape index (κ3) is 4.46. The maximum Gasteiger partial charge on any atom is 0.244 e. The van der Waals surface area contributed by atoms with E-state index in [0.29, 0.717) is 34.6 Å². The van der Waals surface area contributed by atoms with Crippen LogP contribution >= 0.6 is 23.2 Å². The van der Waals surface area contributed by atoms with Gasteiger partial charge in [0.1, 0.15) is 18.0 Å².